The minimum Gasteiger partial charge on any atom is -0.307 e. The fourth-order valence-electron chi connectivity index (χ4n) is 2.02. The van der Waals surface area contributed by atoms with Gasteiger partial charge in [0.15, 0.2) is 5.82 Å². The number of anilines is 1. The Morgan fingerprint density at radius 3 is 2.68 bits per heavy atom. The SMILES string of the molecule is CC(NS(=O)(=O)c1cnc(NN)c(Cl)c1)C1CCC1. The average molecular weight is 305 g/mol. The summed E-state index contributed by atoms with van der Waals surface area (Å²) >= 11 is 5.88. The van der Waals surface area contributed by atoms with Crippen LogP contribution in [0, 0.1) is 5.92 Å². The topological polar surface area (TPSA) is 97.1 Å². The molecule has 1 fully saturated rings. The maximum absolute atomic E-state index is 12.2. The quantitative estimate of drug-likeness (QED) is 0.565. The molecular formula is C11H17ClN4O2S. The zero-order chi connectivity index (χ0) is 14.0. The Morgan fingerprint density at radius 2 is 2.21 bits per heavy atom. The fraction of sp³-hybridized carbons (Fsp3) is 0.545. The van der Waals surface area contributed by atoms with Gasteiger partial charge in [-0.2, -0.15) is 0 Å². The third-order valence-corrected chi connectivity index (χ3v) is 5.28. The van der Waals surface area contributed by atoms with Gasteiger partial charge in [-0.15, -0.1) is 0 Å². The van der Waals surface area contributed by atoms with E-state index in [1.807, 2.05) is 6.92 Å². The molecule has 0 amide bonds. The molecule has 1 aromatic rings. The molecule has 0 aliphatic heterocycles. The lowest BCUT2D eigenvalue weighted by Gasteiger charge is -2.31. The first-order valence-corrected chi connectivity index (χ1v) is 7.94. The Hall–Kier alpha value is -0.890. The lowest BCUT2D eigenvalue weighted by Crippen LogP contribution is -2.40. The molecule has 1 heterocycles. The summed E-state index contributed by atoms with van der Waals surface area (Å²) in [6, 6.07) is 1.25. The highest BCUT2D eigenvalue weighted by Gasteiger charge is 2.28. The number of nitrogens with one attached hydrogen (secondary N) is 2. The molecule has 19 heavy (non-hydrogen) atoms. The number of pyridine rings is 1. The van der Waals surface area contributed by atoms with Crippen LogP contribution < -0.4 is 16.0 Å². The number of sulfonamides is 1. The number of aromatic nitrogens is 1. The van der Waals surface area contributed by atoms with Crippen LogP contribution in [0.2, 0.25) is 5.02 Å². The van der Waals surface area contributed by atoms with Crippen molar-refractivity contribution in [2.45, 2.75) is 37.1 Å². The van der Waals surface area contributed by atoms with E-state index < -0.39 is 10.0 Å². The summed E-state index contributed by atoms with van der Waals surface area (Å²) in [7, 11) is -3.59. The van der Waals surface area contributed by atoms with E-state index in [4.69, 9.17) is 17.4 Å². The molecule has 1 aliphatic carbocycles. The third-order valence-electron chi connectivity index (χ3n) is 3.46. The van der Waals surface area contributed by atoms with Crippen molar-refractivity contribution >= 4 is 27.4 Å². The molecule has 1 atom stereocenters. The molecule has 0 spiro atoms. The summed E-state index contributed by atoms with van der Waals surface area (Å²) in [6.45, 7) is 1.88. The number of hydrogen-bond donors (Lipinski definition) is 3. The maximum Gasteiger partial charge on any atom is 0.242 e. The Bertz CT molecular complexity index is 560. The molecule has 2 rings (SSSR count). The highest BCUT2D eigenvalue weighted by molar-refractivity contribution is 7.89. The van der Waals surface area contributed by atoms with Crippen molar-refractivity contribution in [2.75, 3.05) is 5.43 Å². The molecule has 1 aliphatic rings. The summed E-state index contributed by atoms with van der Waals surface area (Å²) in [5.41, 5.74) is 2.29. The van der Waals surface area contributed by atoms with Crippen molar-refractivity contribution in [1.82, 2.24) is 9.71 Å². The van der Waals surface area contributed by atoms with Gasteiger partial charge in [-0.05, 0) is 31.7 Å². The largest absolute Gasteiger partial charge is 0.307 e. The molecule has 6 nitrogen and oxygen atoms in total. The van der Waals surface area contributed by atoms with Gasteiger partial charge in [-0.25, -0.2) is 24.0 Å². The van der Waals surface area contributed by atoms with E-state index in [1.165, 1.54) is 18.7 Å². The van der Waals surface area contributed by atoms with Crippen LogP contribution in [0.5, 0.6) is 0 Å². The number of hydrogen-bond acceptors (Lipinski definition) is 5. The van der Waals surface area contributed by atoms with Crippen molar-refractivity contribution < 1.29 is 8.42 Å². The predicted octanol–water partition coefficient (Wildman–Crippen LogP) is 1.49. The van der Waals surface area contributed by atoms with Gasteiger partial charge in [0.05, 0.1) is 5.02 Å². The van der Waals surface area contributed by atoms with E-state index in [0.717, 1.165) is 12.8 Å². The number of nitrogen functional groups attached to an aromatic ring is 1. The highest BCUT2D eigenvalue weighted by Crippen LogP contribution is 2.30. The Labute approximate surface area is 117 Å². The standard InChI is InChI=1S/C11H17ClN4O2S/c1-7(8-3-2-4-8)16-19(17,18)9-5-10(12)11(15-13)14-6-9/h5-8,16H,2-4,13H2,1H3,(H,14,15). The predicted molar refractivity (Wildman–Crippen MR) is 74.2 cm³/mol. The van der Waals surface area contributed by atoms with Gasteiger partial charge in [0.1, 0.15) is 4.90 Å². The minimum absolute atomic E-state index is 0.0441. The summed E-state index contributed by atoms with van der Waals surface area (Å²) in [6.07, 6.45) is 4.54. The van der Waals surface area contributed by atoms with Crippen molar-refractivity contribution in [1.29, 1.82) is 0 Å². The van der Waals surface area contributed by atoms with Crippen LogP contribution in [-0.2, 0) is 10.0 Å². The van der Waals surface area contributed by atoms with Crippen LogP contribution >= 0.6 is 11.6 Å². The first-order valence-electron chi connectivity index (χ1n) is 6.08. The molecule has 1 aromatic heterocycles. The highest BCUT2D eigenvalue weighted by atomic mass is 35.5. The number of nitrogens with two attached hydrogens (primary N) is 1. The van der Waals surface area contributed by atoms with Gasteiger partial charge < -0.3 is 5.43 Å². The smallest absolute Gasteiger partial charge is 0.242 e. The maximum atomic E-state index is 12.2. The summed E-state index contributed by atoms with van der Waals surface area (Å²) in [5, 5.41) is 0.168. The Balaban J connectivity index is 2.16. The number of rotatable bonds is 5. The second kappa shape index (κ2) is 5.62. The Morgan fingerprint density at radius 1 is 1.53 bits per heavy atom. The van der Waals surface area contributed by atoms with Gasteiger partial charge in [0, 0.05) is 12.2 Å². The second-order valence-electron chi connectivity index (χ2n) is 4.75. The summed E-state index contributed by atoms with van der Waals surface area (Å²) in [5.74, 6) is 5.86. The van der Waals surface area contributed by atoms with E-state index in [-0.39, 0.29) is 21.8 Å². The normalized spacial score (nSPS) is 17.8. The average Bonchev–Trinajstić information content (AvgIpc) is 2.25. The summed E-state index contributed by atoms with van der Waals surface area (Å²) in [4.78, 5) is 3.91. The monoisotopic (exact) mass is 304 g/mol. The molecule has 0 radical (unpaired) electrons. The van der Waals surface area contributed by atoms with Crippen LogP contribution in [0.25, 0.3) is 0 Å². The number of halogens is 1. The number of nitrogens with zero attached hydrogens (tertiary/aromatic N) is 1. The number of hydrazine groups is 1. The molecule has 106 valence electrons. The molecule has 0 bridgehead atoms. The lowest BCUT2D eigenvalue weighted by molar-refractivity contribution is 0.260. The van der Waals surface area contributed by atoms with E-state index in [0.29, 0.717) is 5.92 Å². The van der Waals surface area contributed by atoms with Crippen LogP contribution in [-0.4, -0.2) is 19.4 Å². The lowest BCUT2D eigenvalue weighted by atomic mass is 9.81. The second-order valence-corrected chi connectivity index (χ2v) is 6.87. The molecule has 4 N–H and O–H groups in total. The van der Waals surface area contributed by atoms with E-state index in [1.54, 1.807) is 0 Å². The van der Waals surface area contributed by atoms with Crippen LogP contribution in [0.4, 0.5) is 5.82 Å². The summed E-state index contributed by atoms with van der Waals surface area (Å²) < 4.78 is 27.0. The molecule has 0 saturated heterocycles. The zero-order valence-corrected chi connectivity index (χ0v) is 12.1. The first-order chi connectivity index (χ1) is 8.94. The van der Waals surface area contributed by atoms with E-state index in [2.05, 4.69) is 15.1 Å². The van der Waals surface area contributed by atoms with Crippen LogP contribution in [0.15, 0.2) is 17.2 Å². The van der Waals surface area contributed by atoms with Gasteiger partial charge in [0.2, 0.25) is 10.0 Å². The molecule has 0 aromatic carbocycles. The van der Waals surface area contributed by atoms with Gasteiger partial charge >= 0.3 is 0 Å². The van der Waals surface area contributed by atoms with Gasteiger partial charge in [0.25, 0.3) is 0 Å². The van der Waals surface area contributed by atoms with Crippen molar-refractivity contribution in [3.8, 4) is 0 Å². The third kappa shape index (κ3) is 3.17. The molecule has 1 saturated carbocycles. The zero-order valence-electron chi connectivity index (χ0n) is 10.6. The van der Waals surface area contributed by atoms with Crippen molar-refractivity contribution in [3.05, 3.63) is 17.3 Å². The van der Waals surface area contributed by atoms with Gasteiger partial charge in [-0.3, -0.25) is 0 Å². The van der Waals surface area contributed by atoms with E-state index in [9.17, 15) is 8.42 Å². The fourth-order valence-corrected chi connectivity index (χ4v) is 3.59. The van der Waals surface area contributed by atoms with Crippen LogP contribution in [0.3, 0.4) is 0 Å². The Kier molecular flexibility index (Phi) is 4.29. The minimum atomic E-state index is -3.59. The van der Waals surface area contributed by atoms with Crippen LogP contribution in [0.1, 0.15) is 26.2 Å². The molecular weight excluding hydrogens is 288 g/mol. The molecule has 1 unspecified atom stereocenters. The van der Waals surface area contributed by atoms with Gasteiger partial charge in [-0.1, -0.05) is 18.0 Å². The van der Waals surface area contributed by atoms with Crippen molar-refractivity contribution in [3.63, 3.8) is 0 Å². The van der Waals surface area contributed by atoms with E-state index >= 15 is 0 Å². The molecule has 8 heteroatoms. The first kappa shape index (κ1) is 14.5. The van der Waals surface area contributed by atoms with Crippen molar-refractivity contribution in [2.24, 2.45) is 11.8 Å².